The Hall–Kier alpha value is -2.56. The SMILES string of the molecule is Cc1cn(CC(=O)N2CCC[C@@H](n3ccnc3C)C2)c2ccccc12. The van der Waals surface area contributed by atoms with Crippen LogP contribution in [-0.4, -0.2) is 38.0 Å². The van der Waals surface area contributed by atoms with Gasteiger partial charge in [0.1, 0.15) is 12.4 Å². The Labute approximate surface area is 147 Å². The number of nitrogens with zero attached hydrogens (tertiary/aromatic N) is 4. The molecule has 1 fully saturated rings. The summed E-state index contributed by atoms with van der Waals surface area (Å²) in [6.45, 7) is 6.15. The maximum Gasteiger partial charge on any atom is 0.242 e. The molecule has 130 valence electrons. The normalized spacial score (nSPS) is 18.0. The van der Waals surface area contributed by atoms with Crippen LogP contribution in [0.3, 0.4) is 0 Å². The standard InChI is InChI=1S/C20H24N4O/c1-15-12-23(19-8-4-3-7-18(15)19)14-20(25)22-10-5-6-17(13-22)24-11-9-21-16(24)2/h3-4,7-9,11-12,17H,5-6,10,13-14H2,1-2H3/t17-/m1/s1. The number of hydrogen-bond acceptors (Lipinski definition) is 2. The lowest BCUT2D eigenvalue weighted by molar-refractivity contribution is -0.133. The molecule has 1 amide bonds. The Balaban J connectivity index is 1.51. The van der Waals surface area contributed by atoms with Gasteiger partial charge in [-0.15, -0.1) is 0 Å². The summed E-state index contributed by atoms with van der Waals surface area (Å²) in [5, 5.41) is 1.22. The first kappa shape index (κ1) is 15.9. The van der Waals surface area contributed by atoms with Gasteiger partial charge in [-0.2, -0.15) is 0 Å². The third-order valence-electron chi connectivity index (χ3n) is 5.30. The van der Waals surface area contributed by atoms with E-state index in [1.807, 2.05) is 36.4 Å². The van der Waals surface area contributed by atoms with Gasteiger partial charge in [0.05, 0.1) is 6.04 Å². The Morgan fingerprint density at radius 2 is 2.12 bits per heavy atom. The second-order valence-electron chi connectivity index (χ2n) is 6.97. The van der Waals surface area contributed by atoms with Gasteiger partial charge >= 0.3 is 0 Å². The highest BCUT2D eigenvalue weighted by atomic mass is 16.2. The van der Waals surface area contributed by atoms with Gasteiger partial charge in [-0.1, -0.05) is 18.2 Å². The van der Waals surface area contributed by atoms with E-state index in [4.69, 9.17) is 0 Å². The minimum absolute atomic E-state index is 0.197. The fourth-order valence-electron chi connectivity index (χ4n) is 3.99. The third-order valence-corrected chi connectivity index (χ3v) is 5.30. The zero-order chi connectivity index (χ0) is 17.4. The highest BCUT2D eigenvalue weighted by molar-refractivity contribution is 5.86. The molecule has 1 aromatic carbocycles. The predicted molar refractivity (Wildman–Crippen MR) is 98.5 cm³/mol. The molecule has 1 atom stereocenters. The fraction of sp³-hybridized carbons (Fsp3) is 0.400. The van der Waals surface area contributed by atoms with Crippen molar-refractivity contribution < 1.29 is 4.79 Å². The van der Waals surface area contributed by atoms with Gasteiger partial charge in [-0.25, -0.2) is 4.98 Å². The molecule has 5 nitrogen and oxygen atoms in total. The Kier molecular flexibility index (Phi) is 4.07. The van der Waals surface area contributed by atoms with Crippen LogP contribution in [0.25, 0.3) is 10.9 Å². The van der Waals surface area contributed by atoms with Gasteiger partial charge < -0.3 is 14.0 Å². The minimum atomic E-state index is 0.197. The number of benzene rings is 1. The second kappa shape index (κ2) is 6.39. The summed E-state index contributed by atoms with van der Waals surface area (Å²) < 4.78 is 4.29. The lowest BCUT2D eigenvalue weighted by atomic mass is 10.1. The van der Waals surface area contributed by atoms with Gasteiger partial charge in [0, 0.05) is 42.6 Å². The molecule has 0 radical (unpaired) electrons. The number of carbonyl (C=O) groups is 1. The van der Waals surface area contributed by atoms with E-state index in [2.05, 4.69) is 39.4 Å². The number of fused-ring (bicyclic) bond motifs is 1. The van der Waals surface area contributed by atoms with Crippen molar-refractivity contribution in [1.82, 2.24) is 19.0 Å². The number of aryl methyl sites for hydroxylation is 2. The van der Waals surface area contributed by atoms with Crippen molar-refractivity contribution in [1.29, 1.82) is 0 Å². The van der Waals surface area contributed by atoms with Crippen LogP contribution >= 0.6 is 0 Å². The van der Waals surface area contributed by atoms with E-state index in [9.17, 15) is 4.79 Å². The molecule has 0 spiro atoms. The highest BCUT2D eigenvalue weighted by Gasteiger charge is 2.25. The summed E-state index contributed by atoms with van der Waals surface area (Å²) >= 11 is 0. The summed E-state index contributed by atoms with van der Waals surface area (Å²) in [6.07, 6.45) is 8.09. The van der Waals surface area contributed by atoms with Crippen molar-refractivity contribution >= 4 is 16.8 Å². The molecular weight excluding hydrogens is 312 g/mol. The van der Waals surface area contributed by atoms with Gasteiger partial charge in [0.15, 0.2) is 0 Å². The highest BCUT2D eigenvalue weighted by Crippen LogP contribution is 2.24. The zero-order valence-electron chi connectivity index (χ0n) is 14.9. The van der Waals surface area contributed by atoms with Crippen molar-refractivity contribution in [3.63, 3.8) is 0 Å². The van der Waals surface area contributed by atoms with Crippen LogP contribution in [-0.2, 0) is 11.3 Å². The molecule has 3 heterocycles. The topological polar surface area (TPSA) is 43.1 Å². The molecular formula is C20H24N4O. The number of amides is 1. The summed E-state index contributed by atoms with van der Waals surface area (Å²) in [5.74, 6) is 1.22. The Morgan fingerprint density at radius 3 is 2.92 bits per heavy atom. The van der Waals surface area contributed by atoms with Crippen molar-refractivity contribution in [3.05, 3.63) is 54.2 Å². The Morgan fingerprint density at radius 1 is 1.28 bits per heavy atom. The van der Waals surface area contributed by atoms with Crippen molar-refractivity contribution in [2.45, 2.75) is 39.3 Å². The summed E-state index contributed by atoms with van der Waals surface area (Å²) in [7, 11) is 0. The summed E-state index contributed by atoms with van der Waals surface area (Å²) in [4.78, 5) is 19.2. The van der Waals surface area contributed by atoms with Gasteiger partial charge in [0.2, 0.25) is 5.91 Å². The average Bonchev–Trinajstić information content (AvgIpc) is 3.19. The minimum Gasteiger partial charge on any atom is -0.339 e. The molecule has 1 aliphatic rings. The average molecular weight is 336 g/mol. The largest absolute Gasteiger partial charge is 0.339 e. The van der Waals surface area contributed by atoms with Crippen molar-refractivity contribution in [3.8, 4) is 0 Å². The lowest BCUT2D eigenvalue weighted by Gasteiger charge is -2.34. The number of para-hydroxylation sites is 1. The number of carbonyl (C=O) groups excluding carboxylic acids is 1. The lowest BCUT2D eigenvalue weighted by Crippen LogP contribution is -2.42. The van der Waals surface area contributed by atoms with Crippen LogP contribution in [0.4, 0.5) is 0 Å². The molecule has 0 unspecified atom stereocenters. The maximum atomic E-state index is 12.9. The van der Waals surface area contributed by atoms with Crippen molar-refractivity contribution in [2.24, 2.45) is 0 Å². The summed E-state index contributed by atoms with van der Waals surface area (Å²) in [6, 6.07) is 8.61. The molecule has 5 heteroatoms. The van der Waals surface area contributed by atoms with Crippen LogP contribution in [0, 0.1) is 13.8 Å². The van der Waals surface area contributed by atoms with E-state index in [0.29, 0.717) is 12.6 Å². The number of imidazole rings is 1. The predicted octanol–water partition coefficient (Wildman–Crippen LogP) is 3.32. The molecule has 1 aliphatic heterocycles. The van der Waals surface area contributed by atoms with E-state index in [1.54, 1.807) is 0 Å². The fourth-order valence-corrected chi connectivity index (χ4v) is 3.99. The molecule has 1 saturated heterocycles. The van der Waals surface area contributed by atoms with E-state index in [0.717, 1.165) is 37.3 Å². The number of rotatable bonds is 3. The third kappa shape index (κ3) is 2.95. The molecule has 25 heavy (non-hydrogen) atoms. The van der Waals surface area contributed by atoms with Gasteiger partial charge in [-0.3, -0.25) is 4.79 Å². The first-order chi connectivity index (χ1) is 12.1. The van der Waals surface area contributed by atoms with Gasteiger partial charge in [0.25, 0.3) is 0 Å². The zero-order valence-corrected chi connectivity index (χ0v) is 14.9. The first-order valence-corrected chi connectivity index (χ1v) is 8.95. The van der Waals surface area contributed by atoms with Crippen molar-refractivity contribution in [2.75, 3.05) is 13.1 Å². The van der Waals surface area contributed by atoms with E-state index in [-0.39, 0.29) is 5.91 Å². The second-order valence-corrected chi connectivity index (χ2v) is 6.97. The first-order valence-electron chi connectivity index (χ1n) is 8.95. The van der Waals surface area contributed by atoms with Crippen LogP contribution in [0.1, 0.15) is 30.3 Å². The molecule has 3 aromatic rings. The van der Waals surface area contributed by atoms with Crippen LogP contribution < -0.4 is 0 Å². The van der Waals surface area contributed by atoms with Crippen LogP contribution in [0.5, 0.6) is 0 Å². The van der Waals surface area contributed by atoms with E-state index >= 15 is 0 Å². The van der Waals surface area contributed by atoms with E-state index in [1.165, 1.54) is 10.9 Å². The number of likely N-dealkylation sites (tertiary alicyclic amines) is 1. The molecule has 4 rings (SSSR count). The summed E-state index contributed by atoms with van der Waals surface area (Å²) in [5.41, 5.74) is 2.35. The number of hydrogen-bond donors (Lipinski definition) is 0. The van der Waals surface area contributed by atoms with Gasteiger partial charge in [-0.05, 0) is 38.3 Å². The smallest absolute Gasteiger partial charge is 0.242 e. The van der Waals surface area contributed by atoms with Crippen LogP contribution in [0.15, 0.2) is 42.9 Å². The number of aromatic nitrogens is 3. The Bertz CT molecular complexity index is 907. The quantitative estimate of drug-likeness (QED) is 0.736. The molecule has 2 aromatic heterocycles. The van der Waals surface area contributed by atoms with Crippen LogP contribution in [0.2, 0.25) is 0 Å². The molecule has 0 aliphatic carbocycles. The monoisotopic (exact) mass is 336 g/mol. The molecule has 0 saturated carbocycles. The van der Waals surface area contributed by atoms with E-state index < -0.39 is 0 Å². The molecule has 0 N–H and O–H groups in total. The molecule has 0 bridgehead atoms. The maximum absolute atomic E-state index is 12.9. The number of piperidine rings is 1.